The molecule has 4 rings (SSSR count). The maximum absolute atomic E-state index is 13.3. The van der Waals surface area contributed by atoms with E-state index in [1.54, 1.807) is 23.8 Å². The Bertz CT molecular complexity index is 1140. The smallest absolute Gasteiger partial charge is 0.200 e. The molecule has 0 fully saturated rings. The standard InChI is InChI=1S/C19H15FN4O2S/c1-11-16(17(23-26-11)12-3-9-15(25-2)10-4-12)18-21-22-19(27)24(18)14-7-5-13(20)6-8-14/h3-10H,1-2H3,(H,22,27). The lowest BCUT2D eigenvalue weighted by Gasteiger charge is -2.08. The van der Waals surface area contributed by atoms with Crippen molar-refractivity contribution in [2.45, 2.75) is 6.92 Å². The number of hydrogen-bond donors (Lipinski definition) is 1. The average molecular weight is 382 g/mol. The van der Waals surface area contributed by atoms with Crippen LogP contribution in [0.4, 0.5) is 4.39 Å². The van der Waals surface area contributed by atoms with Crippen molar-refractivity contribution in [2.24, 2.45) is 0 Å². The highest BCUT2D eigenvalue weighted by molar-refractivity contribution is 7.71. The average Bonchev–Trinajstić information content (AvgIpc) is 3.25. The van der Waals surface area contributed by atoms with E-state index < -0.39 is 0 Å². The minimum atomic E-state index is -0.324. The summed E-state index contributed by atoms with van der Waals surface area (Å²) in [5.41, 5.74) is 2.87. The molecule has 2 heterocycles. The van der Waals surface area contributed by atoms with Crippen LogP contribution in [0.2, 0.25) is 0 Å². The van der Waals surface area contributed by atoms with Crippen molar-refractivity contribution in [2.75, 3.05) is 7.11 Å². The molecule has 27 heavy (non-hydrogen) atoms. The Hall–Kier alpha value is -3.26. The Morgan fingerprint density at radius 3 is 2.48 bits per heavy atom. The van der Waals surface area contributed by atoms with Crippen LogP contribution in [-0.4, -0.2) is 27.0 Å². The van der Waals surface area contributed by atoms with Gasteiger partial charge in [0.2, 0.25) is 0 Å². The van der Waals surface area contributed by atoms with E-state index in [-0.39, 0.29) is 5.82 Å². The quantitative estimate of drug-likeness (QED) is 0.518. The molecule has 0 unspecified atom stereocenters. The summed E-state index contributed by atoms with van der Waals surface area (Å²) in [6.45, 7) is 1.81. The maximum Gasteiger partial charge on any atom is 0.200 e. The highest BCUT2D eigenvalue weighted by Crippen LogP contribution is 2.35. The molecule has 0 atom stereocenters. The number of halogens is 1. The SMILES string of the molecule is COc1ccc(-c2noc(C)c2-c2n[nH]c(=S)n2-c2ccc(F)cc2)cc1. The van der Waals surface area contributed by atoms with Crippen LogP contribution in [-0.2, 0) is 0 Å². The van der Waals surface area contributed by atoms with Crippen molar-refractivity contribution in [3.05, 3.63) is 64.9 Å². The monoisotopic (exact) mass is 382 g/mol. The number of benzene rings is 2. The number of aromatic nitrogens is 4. The van der Waals surface area contributed by atoms with Gasteiger partial charge in [-0.05, 0) is 67.7 Å². The van der Waals surface area contributed by atoms with Crippen molar-refractivity contribution in [1.82, 2.24) is 19.9 Å². The third-order valence-electron chi connectivity index (χ3n) is 4.21. The highest BCUT2D eigenvalue weighted by atomic mass is 32.1. The molecule has 8 heteroatoms. The number of hydrogen-bond acceptors (Lipinski definition) is 5. The molecular formula is C19H15FN4O2S. The lowest BCUT2D eigenvalue weighted by atomic mass is 10.1. The number of H-pyrrole nitrogens is 1. The van der Waals surface area contributed by atoms with Gasteiger partial charge >= 0.3 is 0 Å². The molecule has 1 N–H and O–H groups in total. The second-order valence-corrected chi connectivity index (χ2v) is 6.24. The third-order valence-corrected chi connectivity index (χ3v) is 4.48. The minimum absolute atomic E-state index is 0.324. The summed E-state index contributed by atoms with van der Waals surface area (Å²) >= 11 is 5.38. The molecule has 136 valence electrons. The van der Waals surface area contributed by atoms with Gasteiger partial charge in [0.25, 0.3) is 0 Å². The molecule has 0 radical (unpaired) electrons. The fourth-order valence-electron chi connectivity index (χ4n) is 2.88. The van der Waals surface area contributed by atoms with Gasteiger partial charge in [-0.1, -0.05) is 5.16 Å². The number of methoxy groups -OCH3 is 1. The first kappa shape index (κ1) is 17.2. The van der Waals surface area contributed by atoms with Gasteiger partial charge in [-0.2, -0.15) is 5.10 Å². The summed E-state index contributed by atoms with van der Waals surface area (Å²) in [7, 11) is 1.61. The van der Waals surface area contributed by atoms with Gasteiger partial charge in [-0.15, -0.1) is 0 Å². The zero-order valence-corrected chi connectivity index (χ0v) is 15.4. The second kappa shape index (κ2) is 6.81. The number of aryl methyl sites for hydroxylation is 1. The number of ether oxygens (including phenoxy) is 1. The highest BCUT2D eigenvalue weighted by Gasteiger charge is 2.22. The van der Waals surface area contributed by atoms with Gasteiger partial charge in [-0.25, -0.2) is 4.39 Å². The van der Waals surface area contributed by atoms with E-state index in [0.717, 1.165) is 11.3 Å². The van der Waals surface area contributed by atoms with Crippen LogP contribution >= 0.6 is 12.2 Å². The molecule has 0 saturated carbocycles. The topological polar surface area (TPSA) is 68.9 Å². The Kier molecular flexibility index (Phi) is 4.33. The van der Waals surface area contributed by atoms with E-state index in [0.29, 0.717) is 33.3 Å². The summed E-state index contributed by atoms with van der Waals surface area (Å²) in [6, 6.07) is 13.5. The number of nitrogens with one attached hydrogen (secondary N) is 1. The molecule has 2 aromatic heterocycles. The minimum Gasteiger partial charge on any atom is -0.497 e. The lowest BCUT2D eigenvalue weighted by molar-refractivity contribution is 0.400. The molecule has 2 aromatic carbocycles. The van der Waals surface area contributed by atoms with E-state index in [1.807, 2.05) is 31.2 Å². The van der Waals surface area contributed by atoms with Crippen molar-refractivity contribution in [3.63, 3.8) is 0 Å². The molecule has 0 spiro atoms. The molecular weight excluding hydrogens is 367 g/mol. The molecule has 6 nitrogen and oxygen atoms in total. The maximum atomic E-state index is 13.3. The molecule has 0 bridgehead atoms. The number of nitrogens with zero attached hydrogens (tertiary/aromatic N) is 3. The normalized spacial score (nSPS) is 10.9. The fraction of sp³-hybridized carbons (Fsp3) is 0.105. The second-order valence-electron chi connectivity index (χ2n) is 5.86. The Labute approximate surface area is 159 Å². The van der Waals surface area contributed by atoms with Gasteiger partial charge in [0, 0.05) is 5.56 Å². The Balaban J connectivity index is 1.89. The van der Waals surface area contributed by atoms with Crippen LogP contribution in [0.25, 0.3) is 28.3 Å². The van der Waals surface area contributed by atoms with E-state index in [9.17, 15) is 4.39 Å². The van der Waals surface area contributed by atoms with Gasteiger partial charge in [0.05, 0.1) is 18.4 Å². The molecule has 4 aromatic rings. The van der Waals surface area contributed by atoms with Gasteiger partial charge in [-0.3, -0.25) is 9.67 Å². The van der Waals surface area contributed by atoms with E-state index in [1.165, 1.54) is 12.1 Å². The largest absolute Gasteiger partial charge is 0.497 e. The van der Waals surface area contributed by atoms with Crippen molar-refractivity contribution < 1.29 is 13.7 Å². The Morgan fingerprint density at radius 2 is 1.81 bits per heavy atom. The molecule has 0 saturated heterocycles. The van der Waals surface area contributed by atoms with Gasteiger partial charge in [0.1, 0.15) is 23.0 Å². The van der Waals surface area contributed by atoms with Crippen LogP contribution in [0, 0.1) is 17.5 Å². The van der Waals surface area contributed by atoms with Gasteiger partial charge in [0.15, 0.2) is 10.6 Å². The lowest BCUT2D eigenvalue weighted by Crippen LogP contribution is -1.99. The molecule has 0 aliphatic rings. The summed E-state index contributed by atoms with van der Waals surface area (Å²) in [5.74, 6) is 1.55. The van der Waals surface area contributed by atoms with E-state index >= 15 is 0 Å². The van der Waals surface area contributed by atoms with E-state index in [4.69, 9.17) is 21.5 Å². The fourth-order valence-corrected chi connectivity index (χ4v) is 3.11. The predicted octanol–water partition coefficient (Wildman–Crippen LogP) is 4.71. The van der Waals surface area contributed by atoms with Crippen LogP contribution in [0.1, 0.15) is 5.76 Å². The first-order valence-corrected chi connectivity index (χ1v) is 8.53. The van der Waals surface area contributed by atoms with Crippen molar-refractivity contribution in [3.8, 4) is 34.1 Å². The molecule has 0 aliphatic heterocycles. The molecule has 0 aliphatic carbocycles. The van der Waals surface area contributed by atoms with E-state index in [2.05, 4.69) is 15.4 Å². The Morgan fingerprint density at radius 1 is 1.11 bits per heavy atom. The van der Waals surface area contributed by atoms with Crippen molar-refractivity contribution >= 4 is 12.2 Å². The summed E-state index contributed by atoms with van der Waals surface area (Å²) in [5, 5.41) is 11.4. The van der Waals surface area contributed by atoms with Crippen LogP contribution in [0.3, 0.4) is 0 Å². The first-order valence-electron chi connectivity index (χ1n) is 8.13. The van der Waals surface area contributed by atoms with Crippen LogP contribution < -0.4 is 4.74 Å². The van der Waals surface area contributed by atoms with Crippen molar-refractivity contribution in [1.29, 1.82) is 0 Å². The predicted molar refractivity (Wildman–Crippen MR) is 101 cm³/mol. The number of aromatic amines is 1. The zero-order valence-electron chi connectivity index (χ0n) is 14.6. The van der Waals surface area contributed by atoms with Crippen LogP contribution in [0.15, 0.2) is 53.1 Å². The number of rotatable bonds is 4. The third kappa shape index (κ3) is 3.04. The van der Waals surface area contributed by atoms with Gasteiger partial charge < -0.3 is 9.26 Å². The first-order chi connectivity index (χ1) is 13.1. The summed E-state index contributed by atoms with van der Waals surface area (Å²) in [6.07, 6.45) is 0. The zero-order chi connectivity index (χ0) is 19.0. The van der Waals surface area contributed by atoms with Crippen LogP contribution in [0.5, 0.6) is 5.75 Å². The molecule has 0 amide bonds. The summed E-state index contributed by atoms with van der Waals surface area (Å²) < 4.78 is 26.1. The summed E-state index contributed by atoms with van der Waals surface area (Å²) in [4.78, 5) is 0.